The Kier molecular flexibility index (Phi) is 6.71. The van der Waals surface area contributed by atoms with Crippen molar-refractivity contribution >= 4 is 40.2 Å². The molecular weight excluding hydrogens is 331 g/mol. The largest absolute Gasteiger partial charge is 0.607 e. The third-order valence-corrected chi connectivity index (χ3v) is 3.78. The van der Waals surface area contributed by atoms with Gasteiger partial charge in [-0.3, -0.25) is 0 Å². The van der Waals surface area contributed by atoms with Crippen LogP contribution in [0.5, 0.6) is 0 Å². The van der Waals surface area contributed by atoms with E-state index in [1.165, 1.54) is 11.5 Å². The van der Waals surface area contributed by atoms with Crippen molar-refractivity contribution in [1.29, 1.82) is 0 Å². The van der Waals surface area contributed by atoms with Crippen LogP contribution in [0.2, 0.25) is 5.02 Å². The number of halogens is 4. The molecule has 0 heterocycles. The van der Waals surface area contributed by atoms with Crippen LogP contribution in [0, 0.1) is 0 Å². The molecular formula is C12H9ClF3NOS2. The SMILES string of the molecule is [O-][S+](C=CCCN=C=S)c1ccc(Cl)c(C(F)(F)F)c1. The van der Waals surface area contributed by atoms with E-state index in [4.69, 9.17) is 11.6 Å². The third kappa shape index (κ3) is 5.26. The van der Waals surface area contributed by atoms with Crippen LogP contribution in [0.3, 0.4) is 0 Å². The molecule has 0 bridgehead atoms. The number of hydrogen-bond acceptors (Lipinski definition) is 3. The second kappa shape index (κ2) is 7.81. The predicted molar refractivity (Wildman–Crippen MR) is 76.5 cm³/mol. The monoisotopic (exact) mass is 339 g/mol. The zero-order chi connectivity index (χ0) is 15.2. The van der Waals surface area contributed by atoms with Crippen LogP contribution < -0.4 is 0 Å². The van der Waals surface area contributed by atoms with Gasteiger partial charge in [-0.15, -0.1) is 0 Å². The van der Waals surface area contributed by atoms with Gasteiger partial charge in [0, 0.05) is 17.2 Å². The normalized spacial score (nSPS) is 13.2. The lowest BCUT2D eigenvalue weighted by Crippen LogP contribution is -2.08. The number of nitrogens with zero attached hydrogens (tertiary/aromatic N) is 1. The van der Waals surface area contributed by atoms with E-state index in [1.54, 1.807) is 6.08 Å². The van der Waals surface area contributed by atoms with Crippen LogP contribution in [-0.2, 0) is 17.4 Å². The second-order valence-corrected chi connectivity index (χ2v) is 5.50. The van der Waals surface area contributed by atoms with Gasteiger partial charge in [0.05, 0.1) is 22.3 Å². The maximum Gasteiger partial charge on any atom is 0.418 e. The van der Waals surface area contributed by atoms with Crippen LogP contribution in [-0.4, -0.2) is 16.3 Å². The minimum atomic E-state index is -4.57. The summed E-state index contributed by atoms with van der Waals surface area (Å²) in [5.41, 5.74) is -0.997. The molecule has 1 rings (SSSR count). The van der Waals surface area contributed by atoms with Gasteiger partial charge >= 0.3 is 6.18 Å². The van der Waals surface area contributed by atoms with E-state index < -0.39 is 27.9 Å². The van der Waals surface area contributed by atoms with E-state index in [0.29, 0.717) is 13.0 Å². The van der Waals surface area contributed by atoms with Gasteiger partial charge in [0.15, 0.2) is 4.90 Å². The Labute approximate surface area is 127 Å². The summed E-state index contributed by atoms with van der Waals surface area (Å²) in [5, 5.41) is 3.07. The minimum Gasteiger partial charge on any atom is -0.607 e. The van der Waals surface area contributed by atoms with Crippen LogP contribution in [0.25, 0.3) is 0 Å². The van der Waals surface area contributed by atoms with Gasteiger partial charge in [-0.2, -0.15) is 13.2 Å². The number of benzene rings is 1. The van der Waals surface area contributed by atoms with Gasteiger partial charge in [0.2, 0.25) is 0 Å². The van der Waals surface area contributed by atoms with Crippen molar-refractivity contribution < 1.29 is 17.7 Å². The van der Waals surface area contributed by atoms with Crippen LogP contribution in [0.4, 0.5) is 13.2 Å². The molecule has 108 valence electrons. The highest BCUT2D eigenvalue weighted by Gasteiger charge is 2.34. The molecule has 2 nitrogen and oxygen atoms in total. The zero-order valence-electron chi connectivity index (χ0n) is 9.98. The van der Waals surface area contributed by atoms with E-state index in [1.807, 2.05) is 0 Å². The molecule has 0 amide bonds. The molecule has 1 aromatic carbocycles. The second-order valence-electron chi connectivity index (χ2n) is 3.57. The summed E-state index contributed by atoms with van der Waals surface area (Å²) in [6, 6.07) is 3.17. The molecule has 0 spiro atoms. The van der Waals surface area contributed by atoms with Gasteiger partial charge < -0.3 is 4.55 Å². The fourth-order valence-corrected chi connectivity index (χ4v) is 2.49. The fourth-order valence-electron chi connectivity index (χ4n) is 1.27. The summed E-state index contributed by atoms with van der Waals surface area (Å²) in [4.78, 5) is 3.69. The Balaban J connectivity index is 2.83. The lowest BCUT2D eigenvalue weighted by molar-refractivity contribution is -0.137. The van der Waals surface area contributed by atoms with Crippen molar-refractivity contribution in [2.75, 3.05) is 6.54 Å². The number of thiocarbonyl (C=S) groups is 1. The Morgan fingerprint density at radius 2 is 2.15 bits per heavy atom. The van der Waals surface area contributed by atoms with Crippen molar-refractivity contribution in [3.63, 3.8) is 0 Å². The van der Waals surface area contributed by atoms with Crippen molar-refractivity contribution in [1.82, 2.24) is 0 Å². The van der Waals surface area contributed by atoms with Gasteiger partial charge in [-0.1, -0.05) is 11.6 Å². The third-order valence-electron chi connectivity index (χ3n) is 2.17. The number of isothiocyanates is 1. The smallest absolute Gasteiger partial charge is 0.418 e. The van der Waals surface area contributed by atoms with Crippen LogP contribution >= 0.6 is 23.8 Å². The van der Waals surface area contributed by atoms with Crippen LogP contribution in [0.1, 0.15) is 12.0 Å². The molecule has 0 aliphatic carbocycles. The van der Waals surface area contributed by atoms with E-state index in [2.05, 4.69) is 22.4 Å². The average molecular weight is 340 g/mol. The molecule has 1 unspecified atom stereocenters. The van der Waals surface area contributed by atoms with Gasteiger partial charge in [0.1, 0.15) is 5.41 Å². The first-order chi connectivity index (χ1) is 9.36. The van der Waals surface area contributed by atoms with Crippen molar-refractivity contribution in [3.8, 4) is 0 Å². The summed E-state index contributed by atoms with van der Waals surface area (Å²) in [6.07, 6.45) is -2.53. The average Bonchev–Trinajstić information content (AvgIpc) is 2.37. The molecule has 0 aliphatic rings. The van der Waals surface area contributed by atoms with Crippen molar-refractivity contribution in [2.24, 2.45) is 4.99 Å². The first-order valence-corrected chi connectivity index (χ1v) is 7.34. The predicted octanol–water partition coefficient (Wildman–Crippen LogP) is 4.47. The lowest BCUT2D eigenvalue weighted by Gasteiger charge is -2.11. The topological polar surface area (TPSA) is 35.4 Å². The quantitative estimate of drug-likeness (QED) is 0.343. The highest BCUT2D eigenvalue weighted by Crippen LogP contribution is 2.36. The summed E-state index contributed by atoms with van der Waals surface area (Å²) >= 11 is 8.18. The molecule has 0 saturated carbocycles. The molecule has 1 atom stereocenters. The molecule has 0 fully saturated rings. The Morgan fingerprint density at radius 3 is 2.75 bits per heavy atom. The highest BCUT2D eigenvalue weighted by atomic mass is 35.5. The van der Waals surface area contributed by atoms with Gasteiger partial charge in [-0.05, 0) is 36.8 Å². The Hall–Kier alpha value is -0.850. The zero-order valence-corrected chi connectivity index (χ0v) is 12.4. The molecule has 1 aromatic rings. The molecule has 0 radical (unpaired) electrons. The lowest BCUT2D eigenvalue weighted by atomic mass is 10.2. The van der Waals surface area contributed by atoms with Gasteiger partial charge in [0.25, 0.3) is 0 Å². The summed E-state index contributed by atoms with van der Waals surface area (Å²) in [5.74, 6) is 0. The van der Waals surface area contributed by atoms with E-state index in [9.17, 15) is 17.7 Å². The van der Waals surface area contributed by atoms with Crippen LogP contribution in [0.15, 0.2) is 39.6 Å². The van der Waals surface area contributed by atoms with E-state index in [-0.39, 0.29) is 4.90 Å². The molecule has 0 aliphatic heterocycles. The Bertz CT molecular complexity index is 542. The van der Waals surface area contributed by atoms with E-state index in [0.717, 1.165) is 12.1 Å². The Morgan fingerprint density at radius 1 is 1.45 bits per heavy atom. The molecule has 20 heavy (non-hydrogen) atoms. The maximum absolute atomic E-state index is 12.7. The van der Waals surface area contributed by atoms with Crippen molar-refractivity contribution in [3.05, 3.63) is 40.3 Å². The molecule has 0 N–H and O–H groups in total. The van der Waals surface area contributed by atoms with Gasteiger partial charge in [-0.25, -0.2) is 4.99 Å². The number of rotatable bonds is 5. The minimum absolute atomic E-state index is 0.0382. The number of aliphatic imine (C=N–C) groups is 1. The highest BCUT2D eigenvalue weighted by molar-refractivity contribution is 7.94. The maximum atomic E-state index is 12.7. The van der Waals surface area contributed by atoms with E-state index >= 15 is 0 Å². The summed E-state index contributed by atoms with van der Waals surface area (Å²) in [6.45, 7) is 0.394. The summed E-state index contributed by atoms with van der Waals surface area (Å²) < 4.78 is 49.8. The summed E-state index contributed by atoms with van der Waals surface area (Å²) in [7, 11) is 0. The molecule has 0 saturated heterocycles. The standard InChI is InChI=1S/C12H9ClF3NOS2/c13-11-4-3-9(7-10(11)12(14,15)16)20(18)6-2-1-5-17-8-19/h2-4,6-7H,1,5H2. The fraction of sp³-hybridized carbons (Fsp3) is 0.250. The van der Waals surface area contributed by atoms with Crippen molar-refractivity contribution in [2.45, 2.75) is 17.5 Å². The molecule has 8 heteroatoms. The molecule has 0 aromatic heterocycles. The first kappa shape index (κ1) is 17.2. The number of alkyl halides is 3. The number of hydrogen-bond donors (Lipinski definition) is 0. The first-order valence-electron chi connectivity index (χ1n) is 5.34.